The maximum absolute atomic E-state index is 5.99. The third-order valence-electron chi connectivity index (χ3n) is 4.02. The smallest absolute Gasteiger partial charge is 0.180 e. The molecule has 21 heavy (non-hydrogen) atoms. The van der Waals surface area contributed by atoms with E-state index in [1.165, 1.54) is 0 Å². The molecule has 0 bridgehead atoms. The summed E-state index contributed by atoms with van der Waals surface area (Å²) in [4.78, 5) is 8.92. The van der Waals surface area contributed by atoms with E-state index >= 15 is 0 Å². The first-order valence-corrected chi connectivity index (χ1v) is 7.06. The summed E-state index contributed by atoms with van der Waals surface area (Å²) in [6.07, 6.45) is 8.58. The van der Waals surface area contributed by atoms with Crippen molar-refractivity contribution >= 4 is 11.5 Å². The van der Waals surface area contributed by atoms with Crippen molar-refractivity contribution in [1.82, 2.24) is 29.5 Å². The standard InChI is InChI=1S/C14H17N7/c1-20-8-10(7-18-20)12-11(9-2-3-16-6-9)19-14-13(15)17-4-5-21(12)14/h4-5,7-9,16H,2-3,6H2,1H3,(H2,15,17). The minimum Gasteiger partial charge on any atom is -0.381 e. The van der Waals surface area contributed by atoms with E-state index in [-0.39, 0.29) is 0 Å². The summed E-state index contributed by atoms with van der Waals surface area (Å²) in [7, 11) is 1.92. The van der Waals surface area contributed by atoms with Crippen molar-refractivity contribution in [2.75, 3.05) is 18.8 Å². The first kappa shape index (κ1) is 12.3. The fourth-order valence-corrected chi connectivity index (χ4v) is 3.02. The van der Waals surface area contributed by atoms with Crippen LogP contribution in [0, 0.1) is 0 Å². The Bertz CT molecular complexity index is 795. The first-order valence-electron chi connectivity index (χ1n) is 7.06. The monoisotopic (exact) mass is 283 g/mol. The number of nitrogen functional groups attached to an aromatic ring is 1. The van der Waals surface area contributed by atoms with Crippen LogP contribution in [-0.4, -0.2) is 37.2 Å². The molecule has 0 aliphatic carbocycles. The van der Waals surface area contributed by atoms with E-state index in [0.717, 1.165) is 42.1 Å². The molecule has 3 N–H and O–H groups in total. The largest absolute Gasteiger partial charge is 0.381 e. The first-order chi connectivity index (χ1) is 10.2. The van der Waals surface area contributed by atoms with Crippen LogP contribution in [0.5, 0.6) is 0 Å². The van der Waals surface area contributed by atoms with Gasteiger partial charge in [0.1, 0.15) is 0 Å². The molecule has 0 amide bonds. The molecule has 0 saturated carbocycles. The molecule has 3 aromatic rings. The zero-order valence-electron chi connectivity index (χ0n) is 11.8. The van der Waals surface area contributed by atoms with Crippen LogP contribution in [0.1, 0.15) is 18.0 Å². The van der Waals surface area contributed by atoms with Crippen LogP contribution in [-0.2, 0) is 7.05 Å². The summed E-state index contributed by atoms with van der Waals surface area (Å²) >= 11 is 0. The van der Waals surface area contributed by atoms with Gasteiger partial charge in [-0.25, -0.2) is 9.97 Å². The molecule has 4 rings (SSSR count). The lowest BCUT2D eigenvalue weighted by Crippen LogP contribution is -2.08. The lowest BCUT2D eigenvalue weighted by atomic mass is 10.0. The number of aryl methyl sites for hydroxylation is 1. The number of aromatic nitrogens is 5. The molecule has 0 aromatic carbocycles. The van der Waals surface area contributed by atoms with Crippen LogP contribution < -0.4 is 11.1 Å². The van der Waals surface area contributed by atoms with Gasteiger partial charge < -0.3 is 11.1 Å². The predicted molar refractivity (Wildman–Crippen MR) is 79.8 cm³/mol. The van der Waals surface area contributed by atoms with E-state index in [0.29, 0.717) is 11.7 Å². The topological polar surface area (TPSA) is 86.1 Å². The van der Waals surface area contributed by atoms with Crippen LogP contribution in [0.3, 0.4) is 0 Å². The van der Waals surface area contributed by atoms with Gasteiger partial charge in [0.2, 0.25) is 0 Å². The van der Waals surface area contributed by atoms with Crippen molar-refractivity contribution in [3.8, 4) is 11.3 Å². The van der Waals surface area contributed by atoms with Crippen molar-refractivity contribution in [2.24, 2.45) is 7.05 Å². The lowest BCUT2D eigenvalue weighted by molar-refractivity contribution is 0.743. The second-order valence-electron chi connectivity index (χ2n) is 5.44. The SMILES string of the molecule is Cn1cc(-c2c(C3CCNC3)nc3c(N)nccn23)cn1. The van der Waals surface area contributed by atoms with Gasteiger partial charge >= 0.3 is 0 Å². The third-order valence-corrected chi connectivity index (χ3v) is 4.02. The third kappa shape index (κ3) is 1.89. The Kier molecular flexibility index (Phi) is 2.68. The highest BCUT2D eigenvalue weighted by Gasteiger charge is 2.26. The van der Waals surface area contributed by atoms with E-state index in [9.17, 15) is 0 Å². The average molecular weight is 283 g/mol. The molecular formula is C14H17N7. The molecular weight excluding hydrogens is 266 g/mol. The van der Waals surface area contributed by atoms with Crippen molar-refractivity contribution in [3.63, 3.8) is 0 Å². The molecule has 108 valence electrons. The number of nitrogens with zero attached hydrogens (tertiary/aromatic N) is 5. The van der Waals surface area contributed by atoms with Gasteiger partial charge in [-0.05, 0) is 13.0 Å². The predicted octanol–water partition coefficient (Wildman–Crippen LogP) is 0.789. The van der Waals surface area contributed by atoms with E-state index in [4.69, 9.17) is 10.7 Å². The minimum absolute atomic E-state index is 0.402. The zero-order valence-corrected chi connectivity index (χ0v) is 11.8. The fourth-order valence-electron chi connectivity index (χ4n) is 3.02. The van der Waals surface area contributed by atoms with Crippen molar-refractivity contribution < 1.29 is 0 Å². The van der Waals surface area contributed by atoms with Gasteiger partial charge in [0, 0.05) is 43.7 Å². The summed E-state index contributed by atoms with van der Waals surface area (Å²) in [5, 5.41) is 7.68. The van der Waals surface area contributed by atoms with Gasteiger partial charge in [-0.3, -0.25) is 9.08 Å². The second kappa shape index (κ2) is 4.56. The van der Waals surface area contributed by atoms with Gasteiger partial charge in [-0.2, -0.15) is 5.10 Å². The van der Waals surface area contributed by atoms with Crippen LogP contribution in [0.25, 0.3) is 16.9 Å². The van der Waals surface area contributed by atoms with Gasteiger partial charge in [-0.15, -0.1) is 0 Å². The quantitative estimate of drug-likeness (QED) is 0.726. The van der Waals surface area contributed by atoms with E-state index in [1.807, 2.05) is 30.0 Å². The molecule has 1 unspecified atom stereocenters. The Labute approximate surface area is 121 Å². The van der Waals surface area contributed by atoms with Crippen LogP contribution in [0.4, 0.5) is 5.82 Å². The second-order valence-corrected chi connectivity index (χ2v) is 5.44. The number of nitrogens with two attached hydrogens (primary N) is 1. The highest BCUT2D eigenvalue weighted by molar-refractivity contribution is 5.72. The lowest BCUT2D eigenvalue weighted by Gasteiger charge is -2.08. The Morgan fingerprint density at radius 2 is 2.33 bits per heavy atom. The van der Waals surface area contributed by atoms with E-state index in [2.05, 4.69) is 15.4 Å². The molecule has 1 saturated heterocycles. The van der Waals surface area contributed by atoms with Crippen molar-refractivity contribution in [3.05, 3.63) is 30.5 Å². The highest BCUT2D eigenvalue weighted by Crippen LogP contribution is 2.33. The van der Waals surface area contributed by atoms with E-state index < -0.39 is 0 Å². The number of rotatable bonds is 2. The Balaban J connectivity index is 2.00. The van der Waals surface area contributed by atoms with Crippen molar-refractivity contribution in [1.29, 1.82) is 0 Å². The Hall–Kier alpha value is -2.41. The molecule has 1 fully saturated rings. The Morgan fingerprint density at radius 3 is 3.05 bits per heavy atom. The number of nitrogens with one attached hydrogen (secondary N) is 1. The number of fused-ring (bicyclic) bond motifs is 1. The fraction of sp³-hybridized carbons (Fsp3) is 0.357. The maximum Gasteiger partial charge on any atom is 0.180 e. The number of hydrogen-bond acceptors (Lipinski definition) is 5. The summed E-state index contributed by atoms with van der Waals surface area (Å²) in [6, 6.07) is 0. The molecule has 0 spiro atoms. The normalized spacial score (nSPS) is 18.6. The van der Waals surface area contributed by atoms with Gasteiger partial charge in [0.05, 0.1) is 17.6 Å². The van der Waals surface area contributed by atoms with Crippen LogP contribution in [0.15, 0.2) is 24.8 Å². The summed E-state index contributed by atoms with van der Waals surface area (Å²) in [5.74, 6) is 0.861. The van der Waals surface area contributed by atoms with Gasteiger partial charge in [0.15, 0.2) is 11.5 Å². The highest BCUT2D eigenvalue weighted by atomic mass is 15.2. The summed E-state index contributed by atoms with van der Waals surface area (Å²) < 4.78 is 3.82. The molecule has 7 heteroatoms. The molecule has 4 heterocycles. The Morgan fingerprint density at radius 1 is 1.43 bits per heavy atom. The van der Waals surface area contributed by atoms with Crippen molar-refractivity contribution in [2.45, 2.75) is 12.3 Å². The molecule has 7 nitrogen and oxygen atoms in total. The molecule has 1 atom stereocenters. The number of imidazole rings is 1. The molecule has 1 aliphatic heterocycles. The summed E-state index contributed by atoms with van der Waals surface area (Å²) in [6.45, 7) is 1.98. The molecule has 3 aromatic heterocycles. The van der Waals surface area contributed by atoms with Crippen LogP contribution in [0.2, 0.25) is 0 Å². The molecule has 0 radical (unpaired) electrons. The zero-order chi connectivity index (χ0) is 14.4. The number of hydrogen-bond donors (Lipinski definition) is 2. The van der Waals surface area contributed by atoms with Gasteiger partial charge in [0.25, 0.3) is 0 Å². The maximum atomic E-state index is 5.99. The number of anilines is 1. The van der Waals surface area contributed by atoms with E-state index in [1.54, 1.807) is 10.9 Å². The minimum atomic E-state index is 0.402. The van der Waals surface area contributed by atoms with Crippen LogP contribution >= 0.6 is 0 Å². The summed E-state index contributed by atoms with van der Waals surface area (Å²) in [5.41, 5.74) is 9.91. The molecule has 1 aliphatic rings. The van der Waals surface area contributed by atoms with Gasteiger partial charge in [-0.1, -0.05) is 0 Å². The average Bonchev–Trinajstić information content (AvgIpc) is 3.16.